The normalized spacial score (nSPS) is 35.2. The minimum absolute atomic E-state index is 0.134. The van der Waals surface area contributed by atoms with Gasteiger partial charge in [-0.2, -0.15) is 0 Å². The van der Waals surface area contributed by atoms with Crippen LogP contribution in [0.5, 0.6) is 0 Å². The first-order valence-electron chi connectivity index (χ1n) is 6.18. The van der Waals surface area contributed by atoms with Gasteiger partial charge in [-0.1, -0.05) is 0 Å². The molecule has 0 aromatic carbocycles. The summed E-state index contributed by atoms with van der Waals surface area (Å²) in [6, 6.07) is 0.651. The Bertz CT molecular complexity index is 216. The second kappa shape index (κ2) is 4.40. The summed E-state index contributed by atoms with van der Waals surface area (Å²) < 4.78 is 6.07. The summed E-state index contributed by atoms with van der Waals surface area (Å²) in [5, 5.41) is 0. The van der Waals surface area contributed by atoms with Gasteiger partial charge < -0.3 is 9.64 Å². The van der Waals surface area contributed by atoms with Gasteiger partial charge in [-0.15, -0.1) is 0 Å². The average Bonchev–Trinajstić information content (AvgIpc) is 2.17. The molecule has 2 aliphatic rings. The molecule has 0 saturated carbocycles. The highest BCUT2D eigenvalue weighted by molar-refractivity contribution is 4.94. The van der Waals surface area contributed by atoms with Gasteiger partial charge in [-0.3, -0.25) is 4.90 Å². The van der Waals surface area contributed by atoms with Crippen molar-refractivity contribution in [2.24, 2.45) is 0 Å². The number of morpholine rings is 1. The van der Waals surface area contributed by atoms with Gasteiger partial charge in [0.1, 0.15) is 0 Å². The molecule has 3 nitrogen and oxygen atoms in total. The highest BCUT2D eigenvalue weighted by Crippen LogP contribution is 2.29. The highest BCUT2D eigenvalue weighted by atomic mass is 16.5. The van der Waals surface area contributed by atoms with Crippen LogP contribution in [-0.4, -0.2) is 61.3 Å². The standard InChI is InChI=1S/C12H24N2O/c1-11(2)14-6-4-5-12(10-14)9-13(3)7-8-15-12/h11H,4-10H2,1-3H3. The largest absolute Gasteiger partial charge is 0.371 e. The van der Waals surface area contributed by atoms with E-state index in [4.69, 9.17) is 4.74 Å². The quantitative estimate of drug-likeness (QED) is 0.649. The SMILES string of the molecule is CC(C)N1CCCC2(CN(C)CCO2)C1. The molecular formula is C12H24N2O. The molecule has 0 aliphatic carbocycles. The molecule has 15 heavy (non-hydrogen) atoms. The number of ether oxygens (including phenoxy) is 1. The van der Waals surface area contributed by atoms with E-state index >= 15 is 0 Å². The summed E-state index contributed by atoms with van der Waals surface area (Å²) in [6.45, 7) is 10.0. The topological polar surface area (TPSA) is 15.7 Å². The third-order valence-corrected chi connectivity index (χ3v) is 3.74. The van der Waals surface area contributed by atoms with E-state index in [0.29, 0.717) is 6.04 Å². The van der Waals surface area contributed by atoms with E-state index in [1.807, 2.05) is 0 Å². The summed E-state index contributed by atoms with van der Waals surface area (Å²) in [5.41, 5.74) is 0.134. The first-order chi connectivity index (χ1) is 7.11. The summed E-state index contributed by atoms with van der Waals surface area (Å²) in [7, 11) is 2.21. The zero-order valence-electron chi connectivity index (χ0n) is 10.3. The Hall–Kier alpha value is -0.120. The van der Waals surface area contributed by atoms with Crippen LogP contribution < -0.4 is 0 Å². The van der Waals surface area contributed by atoms with Crippen LogP contribution >= 0.6 is 0 Å². The number of likely N-dealkylation sites (N-methyl/N-ethyl adjacent to an activating group) is 1. The van der Waals surface area contributed by atoms with Crippen molar-refractivity contribution in [2.75, 3.05) is 39.8 Å². The van der Waals surface area contributed by atoms with Gasteiger partial charge in [0.2, 0.25) is 0 Å². The van der Waals surface area contributed by atoms with Crippen molar-refractivity contribution in [2.45, 2.75) is 38.3 Å². The van der Waals surface area contributed by atoms with E-state index in [1.165, 1.54) is 19.4 Å². The minimum atomic E-state index is 0.134. The van der Waals surface area contributed by atoms with Crippen molar-refractivity contribution in [3.63, 3.8) is 0 Å². The second-order valence-corrected chi connectivity index (χ2v) is 5.44. The van der Waals surface area contributed by atoms with Gasteiger partial charge in [0.05, 0.1) is 12.2 Å². The summed E-state index contributed by atoms with van der Waals surface area (Å²) in [4.78, 5) is 4.97. The molecule has 2 rings (SSSR count). The van der Waals surface area contributed by atoms with Gasteiger partial charge in [0.15, 0.2) is 0 Å². The van der Waals surface area contributed by atoms with Crippen LogP contribution in [0.1, 0.15) is 26.7 Å². The molecule has 0 aromatic heterocycles. The Kier molecular flexibility index (Phi) is 3.33. The number of rotatable bonds is 1. The molecule has 2 fully saturated rings. The molecule has 0 radical (unpaired) electrons. The lowest BCUT2D eigenvalue weighted by Gasteiger charge is -2.48. The number of hydrogen-bond acceptors (Lipinski definition) is 3. The maximum atomic E-state index is 6.07. The van der Waals surface area contributed by atoms with Crippen molar-refractivity contribution in [1.29, 1.82) is 0 Å². The Morgan fingerprint density at radius 1 is 1.20 bits per heavy atom. The smallest absolute Gasteiger partial charge is 0.0935 e. The third kappa shape index (κ3) is 2.52. The summed E-state index contributed by atoms with van der Waals surface area (Å²) in [6.07, 6.45) is 2.52. The molecular weight excluding hydrogens is 188 g/mol. The van der Waals surface area contributed by atoms with Crippen molar-refractivity contribution >= 4 is 0 Å². The molecule has 0 amide bonds. The van der Waals surface area contributed by atoms with Gasteiger partial charge >= 0.3 is 0 Å². The first-order valence-corrected chi connectivity index (χ1v) is 6.18. The fraction of sp³-hybridized carbons (Fsp3) is 1.00. The van der Waals surface area contributed by atoms with Crippen LogP contribution in [0.3, 0.4) is 0 Å². The lowest BCUT2D eigenvalue weighted by atomic mass is 9.90. The van der Waals surface area contributed by atoms with Crippen molar-refractivity contribution in [3.8, 4) is 0 Å². The summed E-state index contributed by atoms with van der Waals surface area (Å²) in [5.74, 6) is 0. The predicted octanol–water partition coefficient (Wildman–Crippen LogP) is 1.19. The summed E-state index contributed by atoms with van der Waals surface area (Å²) >= 11 is 0. The molecule has 2 saturated heterocycles. The lowest BCUT2D eigenvalue weighted by molar-refractivity contribution is -0.138. The van der Waals surface area contributed by atoms with Crippen molar-refractivity contribution in [3.05, 3.63) is 0 Å². The third-order valence-electron chi connectivity index (χ3n) is 3.74. The second-order valence-electron chi connectivity index (χ2n) is 5.44. The van der Waals surface area contributed by atoms with Crippen LogP contribution in [0.15, 0.2) is 0 Å². The first kappa shape index (κ1) is 11.4. The molecule has 0 aromatic rings. The average molecular weight is 212 g/mol. The molecule has 3 heteroatoms. The zero-order valence-corrected chi connectivity index (χ0v) is 10.3. The van der Waals surface area contributed by atoms with Gasteiger partial charge in [0, 0.05) is 25.7 Å². The molecule has 2 aliphatic heterocycles. The fourth-order valence-electron chi connectivity index (χ4n) is 2.85. The Balaban J connectivity index is 2.01. The molecule has 88 valence electrons. The molecule has 0 bridgehead atoms. The lowest BCUT2D eigenvalue weighted by Crippen LogP contribution is -2.59. The van der Waals surface area contributed by atoms with Crippen molar-refractivity contribution in [1.82, 2.24) is 9.80 Å². The minimum Gasteiger partial charge on any atom is -0.371 e. The van der Waals surface area contributed by atoms with Crippen LogP contribution in [-0.2, 0) is 4.74 Å². The van der Waals surface area contributed by atoms with E-state index in [0.717, 1.165) is 26.2 Å². The van der Waals surface area contributed by atoms with E-state index < -0.39 is 0 Å². The maximum absolute atomic E-state index is 6.07. The predicted molar refractivity (Wildman–Crippen MR) is 62.1 cm³/mol. The highest BCUT2D eigenvalue weighted by Gasteiger charge is 2.39. The van der Waals surface area contributed by atoms with Crippen LogP contribution in [0.25, 0.3) is 0 Å². The van der Waals surface area contributed by atoms with Crippen LogP contribution in [0.2, 0.25) is 0 Å². The monoisotopic (exact) mass is 212 g/mol. The van der Waals surface area contributed by atoms with E-state index in [-0.39, 0.29) is 5.60 Å². The molecule has 1 spiro atoms. The van der Waals surface area contributed by atoms with Gasteiger partial charge in [0.25, 0.3) is 0 Å². The zero-order chi connectivity index (χ0) is 10.9. The molecule has 1 atom stereocenters. The van der Waals surface area contributed by atoms with E-state index in [9.17, 15) is 0 Å². The van der Waals surface area contributed by atoms with Crippen molar-refractivity contribution < 1.29 is 4.74 Å². The number of nitrogens with zero attached hydrogens (tertiary/aromatic N) is 2. The molecule has 2 heterocycles. The number of hydrogen-bond donors (Lipinski definition) is 0. The molecule has 1 unspecified atom stereocenters. The van der Waals surface area contributed by atoms with Crippen LogP contribution in [0, 0.1) is 0 Å². The van der Waals surface area contributed by atoms with E-state index in [2.05, 4.69) is 30.7 Å². The Morgan fingerprint density at radius 3 is 2.67 bits per heavy atom. The van der Waals surface area contributed by atoms with Gasteiger partial charge in [-0.25, -0.2) is 0 Å². The van der Waals surface area contributed by atoms with Gasteiger partial charge in [-0.05, 0) is 40.3 Å². The maximum Gasteiger partial charge on any atom is 0.0935 e. The Labute approximate surface area is 93.4 Å². The van der Waals surface area contributed by atoms with E-state index in [1.54, 1.807) is 0 Å². The fourth-order valence-corrected chi connectivity index (χ4v) is 2.85. The molecule has 0 N–H and O–H groups in total. The Morgan fingerprint density at radius 2 is 2.00 bits per heavy atom. The van der Waals surface area contributed by atoms with Crippen LogP contribution in [0.4, 0.5) is 0 Å². The number of likely N-dealkylation sites (tertiary alicyclic amines) is 1. The number of piperidine rings is 1.